The minimum Gasteiger partial charge on any atom is -0.404 e. The normalized spacial score (nSPS) is 12.1. The highest BCUT2D eigenvalue weighted by atomic mass is 19.4. The maximum Gasteiger partial charge on any atom is 0.573 e. The quantitative estimate of drug-likeness (QED) is 0.511. The highest BCUT2D eigenvalue weighted by molar-refractivity contribution is 5.93. The van der Waals surface area contributed by atoms with Gasteiger partial charge in [0, 0.05) is 11.8 Å². The molecule has 0 saturated heterocycles. The van der Waals surface area contributed by atoms with Gasteiger partial charge >= 0.3 is 6.36 Å². The summed E-state index contributed by atoms with van der Waals surface area (Å²) >= 11 is 0. The Morgan fingerprint density at radius 1 is 1.14 bits per heavy atom. The molecule has 1 heterocycles. The molecule has 0 radical (unpaired) electrons. The second-order valence-electron chi connectivity index (χ2n) is 5.89. The Morgan fingerprint density at radius 3 is 2.54 bits per heavy atom. The van der Waals surface area contributed by atoms with Gasteiger partial charge in [-0.25, -0.2) is 9.67 Å². The topological polar surface area (TPSA) is 77.5 Å². The summed E-state index contributed by atoms with van der Waals surface area (Å²) in [5.74, 6) is -0.425. The van der Waals surface area contributed by atoms with Gasteiger partial charge in [0.1, 0.15) is 0 Å². The summed E-state index contributed by atoms with van der Waals surface area (Å²) < 4.78 is 43.2. The highest BCUT2D eigenvalue weighted by Crippen LogP contribution is 2.29. The maximum atomic E-state index is 12.5. The fourth-order valence-electron chi connectivity index (χ4n) is 2.50. The van der Waals surface area contributed by atoms with Crippen molar-refractivity contribution < 1.29 is 17.9 Å². The van der Waals surface area contributed by atoms with Gasteiger partial charge in [0.2, 0.25) is 0 Å². The van der Waals surface area contributed by atoms with E-state index in [9.17, 15) is 13.2 Å². The predicted octanol–water partition coefficient (Wildman–Crippen LogP) is 4.01. The van der Waals surface area contributed by atoms with Crippen molar-refractivity contribution in [2.45, 2.75) is 19.8 Å². The van der Waals surface area contributed by atoms with Crippen LogP contribution in [0.4, 0.5) is 18.9 Å². The SMILES string of the molecule is Cc1nn(-c2ccccc2)cc1CN=C(N)Nc1ccccc1OC(F)(F)F. The van der Waals surface area contributed by atoms with Gasteiger partial charge in [-0.3, -0.25) is 0 Å². The molecule has 28 heavy (non-hydrogen) atoms. The first-order valence-corrected chi connectivity index (χ1v) is 8.34. The zero-order chi connectivity index (χ0) is 20.1. The molecule has 3 rings (SSSR count). The molecule has 3 aromatic rings. The fourth-order valence-corrected chi connectivity index (χ4v) is 2.50. The first-order valence-electron chi connectivity index (χ1n) is 8.34. The standard InChI is InChI=1S/C19H18F3N5O/c1-13-14(12-27(26-13)15-7-3-2-4-8-15)11-24-18(23)25-16-9-5-6-10-17(16)28-19(20,21)22/h2-10,12H,11H2,1H3,(H3,23,24,25). The Balaban J connectivity index is 1.72. The molecular weight excluding hydrogens is 371 g/mol. The zero-order valence-corrected chi connectivity index (χ0v) is 14.9. The second-order valence-corrected chi connectivity index (χ2v) is 5.89. The molecule has 0 saturated carbocycles. The van der Waals surface area contributed by atoms with Gasteiger partial charge in [0.15, 0.2) is 11.7 Å². The average molecular weight is 389 g/mol. The third-order valence-corrected chi connectivity index (χ3v) is 3.82. The fraction of sp³-hybridized carbons (Fsp3) is 0.158. The monoisotopic (exact) mass is 389 g/mol. The van der Waals surface area contributed by atoms with E-state index in [-0.39, 0.29) is 23.9 Å². The van der Waals surface area contributed by atoms with Crippen LogP contribution in [0.5, 0.6) is 5.75 Å². The number of nitrogens with two attached hydrogens (primary N) is 1. The molecule has 0 unspecified atom stereocenters. The number of nitrogens with one attached hydrogen (secondary N) is 1. The number of halogens is 3. The van der Waals surface area contributed by atoms with E-state index in [1.165, 1.54) is 18.2 Å². The number of benzene rings is 2. The number of nitrogens with zero attached hydrogens (tertiary/aromatic N) is 3. The molecule has 9 heteroatoms. The number of hydrogen-bond acceptors (Lipinski definition) is 3. The van der Waals surface area contributed by atoms with Crippen LogP contribution in [-0.4, -0.2) is 22.1 Å². The van der Waals surface area contributed by atoms with Crippen LogP contribution in [0.15, 0.2) is 65.8 Å². The summed E-state index contributed by atoms with van der Waals surface area (Å²) in [6.07, 6.45) is -2.96. The Labute approximate surface area is 159 Å². The molecule has 0 atom stereocenters. The van der Waals surface area contributed by atoms with Gasteiger partial charge < -0.3 is 15.8 Å². The van der Waals surface area contributed by atoms with Gasteiger partial charge in [0.05, 0.1) is 23.6 Å². The lowest BCUT2D eigenvalue weighted by atomic mass is 10.2. The van der Waals surface area contributed by atoms with Gasteiger partial charge in [-0.1, -0.05) is 30.3 Å². The summed E-state index contributed by atoms with van der Waals surface area (Å²) in [6.45, 7) is 2.07. The number of hydrogen-bond donors (Lipinski definition) is 2. The van der Waals surface area contributed by atoms with E-state index in [2.05, 4.69) is 20.1 Å². The minimum absolute atomic E-state index is 0.0370. The zero-order valence-electron chi connectivity index (χ0n) is 14.9. The number of anilines is 1. The van der Waals surface area contributed by atoms with Crippen molar-refractivity contribution in [3.63, 3.8) is 0 Å². The van der Waals surface area contributed by atoms with Crippen LogP contribution in [0, 0.1) is 6.92 Å². The molecular formula is C19H18F3N5O. The van der Waals surface area contributed by atoms with Crippen molar-refractivity contribution in [1.29, 1.82) is 0 Å². The van der Waals surface area contributed by atoms with Crippen LogP contribution in [0.3, 0.4) is 0 Å². The molecule has 0 aliphatic rings. The van der Waals surface area contributed by atoms with Gasteiger partial charge in [0.25, 0.3) is 0 Å². The van der Waals surface area contributed by atoms with Crippen molar-refractivity contribution >= 4 is 11.6 Å². The molecule has 0 aliphatic heterocycles. The lowest BCUT2D eigenvalue weighted by Gasteiger charge is -2.14. The van der Waals surface area contributed by atoms with Gasteiger partial charge in [-0.2, -0.15) is 5.10 Å². The van der Waals surface area contributed by atoms with Crippen LogP contribution < -0.4 is 15.8 Å². The molecule has 0 fully saturated rings. The molecule has 0 aliphatic carbocycles. The van der Waals surface area contributed by atoms with Crippen molar-refractivity contribution in [1.82, 2.24) is 9.78 Å². The van der Waals surface area contributed by atoms with E-state index < -0.39 is 6.36 Å². The third kappa shape index (κ3) is 5.03. The summed E-state index contributed by atoms with van der Waals surface area (Å²) in [4.78, 5) is 4.19. The van der Waals surface area contributed by atoms with Crippen LogP contribution in [-0.2, 0) is 6.54 Å². The number of ether oxygens (including phenoxy) is 1. The number of para-hydroxylation sites is 3. The van der Waals surface area contributed by atoms with E-state index >= 15 is 0 Å². The Bertz CT molecular complexity index is 967. The number of guanidine groups is 1. The first kappa shape index (κ1) is 19.3. The Kier molecular flexibility index (Phi) is 5.53. The summed E-state index contributed by atoms with van der Waals surface area (Å²) in [7, 11) is 0. The van der Waals surface area contributed by atoms with Crippen LogP contribution in [0.25, 0.3) is 5.69 Å². The van der Waals surface area contributed by atoms with E-state index in [1.54, 1.807) is 10.7 Å². The van der Waals surface area contributed by atoms with E-state index in [1.807, 2.05) is 43.5 Å². The van der Waals surface area contributed by atoms with Crippen LogP contribution in [0.1, 0.15) is 11.3 Å². The summed E-state index contributed by atoms with van der Waals surface area (Å²) in [5, 5.41) is 7.08. The minimum atomic E-state index is -4.80. The number of aliphatic imine (C=N–C) groups is 1. The molecule has 0 bridgehead atoms. The summed E-state index contributed by atoms with van der Waals surface area (Å²) in [6, 6.07) is 15.2. The van der Waals surface area contributed by atoms with E-state index in [0.717, 1.165) is 16.9 Å². The number of aryl methyl sites for hydroxylation is 1. The van der Waals surface area contributed by atoms with Crippen molar-refractivity contribution in [3.8, 4) is 11.4 Å². The maximum absolute atomic E-state index is 12.5. The first-order chi connectivity index (χ1) is 13.3. The Morgan fingerprint density at radius 2 is 1.82 bits per heavy atom. The number of rotatable bonds is 5. The molecule has 146 valence electrons. The van der Waals surface area contributed by atoms with Gasteiger partial charge in [-0.05, 0) is 31.2 Å². The number of alkyl halides is 3. The molecule has 1 aromatic heterocycles. The number of aromatic nitrogens is 2. The van der Waals surface area contributed by atoms with Gasteiger partial charge in [-0.15, -0.1) is 13.2 Å². The summed E-state index contributed by atoms with van der Waals surface area (Å²) in [5.41, 5.74) is 8.42. The smallest absolute Gasteiger partial charge is 0.404 e. The molecule has 0 amide bonds. The predicted molar refractivity (Wildman–Crippen MR) is 100 cm³/mol. The third-order valence-electron chi connectivity index (χ3n) is 3.82. The Hall–Kier alpha value is -3.49. The van der Waals surface area contributed by atoms with Crippen molar-refractivity contribution in [2.75, 3.05) is 5.32 Å². The van der Waals surface area contributed by atoms with Crippen LogP contribution in [0.2, 0.25) is 0 Å². The van der Waals surface area contributed by atoms with Crippen LogP contribution >= 0.6 is 0 Å². The van der Waals surface area contributed by atoms with Crippen molar-refractivity contribution in [2.24, 2.45) is 10.7 Å². The molecule has 6 nitrogen and oxygen atoms in total. The average Bonchev–Trinajstić information content (AvgIpc) is 3.02. The second kappa shape index (κ2) is 8.03. The molecule has 3 N–H and O–H groups in total. The van der Waals surface area contributed by atoms with E-state index in [0.29, 0.717) is 0 Å². The largest absolute Gasteiger partial charge is 0.573 e. The highest BCUT2D eigenvalue weighted by Gasteiger charge is 2.32. The molecule has 2 aromatic carbocycles. The molecule has 0 spiro atoms. The van der Waals surface area contributed by atoms with Crippen molar-refractivity contribution in [3.05, 3.63) is 72.1 Å². The van der Waals surface area contributed by atoms with E-state index in [4.69, 9.17) is 5.73 Å². The lowest BCUT2D eigenvalue weighted by molar-refractivity contribution is -0.274. The lowest BCUT2D eigenvalue weighted by Crippen LogP contribution is -2.24.